The van der Waals surface area contributed by atoms with Crippen LogP contribution in [0, 0.1) is 6.92 Å². The molecule has 22 heavy (non-hydrogen) atoms. The van der Waals surface area contributed by atoms with E-state index in [0.29, 0.717) is 17.9 Å². The lowest BCUT2D eigenvalue weighted by Crippen LogP contribution is -2.24. The van der Waals surface area contributed by atoms with Crippen molar-refractivity contribution in [3.8, 4) is 0 Å². The van der Waals surface area contributed by atoms with Crippen molar-refractivity contribution >= 4 is 17.9 Å². The van der Waals surface area contributed by atoms with Crippen LogP contribution in [0.3, 0.4) is 0 Å². The molecule has 3 N–H and O–H groups in total. The Morgan fingerprint density at radius 1 is 1.36 bits per heavy atom. The number of anilines is 1. The summed E-state index contributed by atoms with van der Waals surface area (Å²) in [5.74, 6) is 0. The van der Waals surface area contributed by atoms with E-state index in [-0.39, 0.29) is 6.61 Å². The van der Waals surface area contributed by atoms with Crippen molar-refractivity contribution in [2.45, 2.75) is 13.5 Å². The molecule has 0 saturated heterocycles. The summed E-state index contributed by atoms with van der Waals surface area (Å²) in [6.45, 7) is 2.53. The van der Waals surface area contributed by atoms with Gasteiger partial charge in [-0.15, -0.1) is 0 Å². The Hall–Kier alpha value is -2.82. The fraction of sp³-hybridized carbons (Fsp3) is 0.176. The molecule has 1 aromatic carbocycles. The van der Waals surface area contributed by atoms with Gasteiger partial charge in [0.2, 0.25) is 0 Å². The highest BCUT2D eigenvalue weighted by atomic mass is 16.5. The minimum absolute atomic E-state index is 0.253. The summed E-state index contributed by atoms with van der Waals surface area (Å²) in [6, 6.07) is 11.4. The van der Waals surface area contributed by atoms with Crippen molar-refractivity contribution in [3.05, 3.63) is 65.5 Å². The monoisotopic (exact) mass is 297 g/mol. The molecule has 1 heterocycles. The zero-order valence-electron chi connectivity index (χ0n) is 12.5. The number of aromatic nitrogens is 1. The second-order valence-electron chi connectivity index (χ2n) is 4.83. The third-order valence-corrected chi connectivity index (χ3v) is 2.94. The van der Waals surface area contributed by atoms with Crippen LogP contribution >= 0.6 is 0 Å². The Labute approximate surface area is 129 Å². The fourth-order valence-electron chi connectivity index (χ4n) is 1.83. The van der Waals surface area contributed by atoms with Crippen LogP contribution in [0.1, 0.15) is 16.8 Å². The minimum atomic E-state index is -0.460. The number of amides is 1. The quantitative estimate of drug-likeness (QED) is 0.889. The number of nitrogens with zero attached hydrogens (tertiary/aromatic N) is 1. The summed E-state index contributed by atoms with van der Waals surface area (Å²) in [7, 11) is 0. The Morgan fingerprint density at radius 2 is 2.14 bits per heavy atom. The van der Waals surface area contributed by atoms with E-state index in [1.54, 1.807) is 18.3 Å². The Bertz CT molecular complexity index is 654. The molecule has 1 aromatic heterocycles. The van der Waals surface area contributed by atoms with E-state index < -0.39 is 6.09 Å². The highest BCUT2D eigenvalue weighted by Gasteiger charge is 2.00. The molecular formula is C17H19N3O2. The van der Waals surface area contributed by atoms with Crippen LogP contribution in [-0.2, 0) is 11.3 Å². The van der Waals surface area contributed by atoms with Gasteiger partial charge in [0.15, 0.2) is 0 Å². The molecule has 1 amide bonds. The Balaban J connectivity index is 1.73. The number of hydrogen-bond donors (Lipinski definition) is 2. The van der Waals surface area contributed by atoms with E-state index >= 15 is 0 Å². The van der Waals surface area contributed by atoms with Gasteiger partial charge in [-0.2, -0.15) is 0 Å². The number of carbonyl (C=O) groups is 1. The van der Waals surface area contributed by atoms with Crippen molar-refractivity contribution in [2.75, 3.05) is 12.3 Å². The van der Waals surface area contributed by atoms with E-state index in [1.807, 2.05) is 43.3 Å². The normalized spacial score (nSPS) is 10.6. The molecule has 114 valence electrons. The average molecular weight is 297 g/mol. The zero-order valence-corrected chi connectivity index (χ0v) is 12.5. The predicted octanol–water partition coefficient (Wildman–Crippen LogP) is 2.91. The van der Waals surface area contributed by atoms with Crippen molar-refractivity contribution in [1.82, 2.24) is 10.3 Å². The van der Waals surface area contributed by atoms with E-state index in [9.17, 15) is 4.79 Å². The topological polar surface area (TPSA) is 77.2 Å². The van der Waals surface area contributed by atoms with Crippen LogP contribution in [0.25, 0.3) is 6.08 Å². The van der Waals surface area contributed by atoms with E-state index in [2.05, 4.69) is 10.3 Å². The summed E-state index contributed by atoms with van der Waals surface area (Å²) in [5, 5.41) is 2.64. The number of hydrogen-bond acceptors (Lipinski definition) is 4. The van der Waals surface area contributed by atoms with Crippen LogP contribution < -0.4 is 11.1 Å². The third-order valence-electron chi connectivity index (χ3n) is 2.94. The van der Waals surface area contributed by atoms with Gasteiger partial charge in [-0.05, 0) is 30.2 Å². The molecule has 0 radical (unpaired) electrons. The van der Waals surface area contributed by atoms with Crippen molar-refractivity contribution < 1.29 is 9.53 Å². The van der Waals surface area contributed by atoms with Gasteiger partial charge in [-0.25, -0.2) is 4.79 Å². The van der Waals surface area contributed by atoms with Crippen molar-refractivity contribution in [3.63, 3.8) is 0 Å². The maximum atomic E-state index is 11.5. The van der Waals surface area contributed by atoms with Crippen LogP contribution in [0.15, 0.2) is 48.7 Å². The maximum Gasteiger partial charge on any atom is 0.407 e. The largest absolute Gasteiger partial charge is 0.445 e. The summed E-state index contributed by atoms with van der Waals surface area (Å²) >= 11 is 0. The number of alkyl carbamates (subject to hydrolysis) is 1. The summed E-state index contributed by atoms with van der Waals surface area (Å²) in [6.07, 6.45) is 4.83. The second kappa shape index (κ2) is 7.83. The summed E-state index contributed by atoms with van der Waals surface area (Å²) < 4.78 is 5.10. The molecule has 0 aliphatic rings. The highest BCUT2D eigenvalue weighted by Crippen LogP contribution is 2.11. The smallest absolute Gasteiger partial charge is 0.407 e. The first-order valence-corrected chi connectivity index (χ1v) is 6.98. The van der Waals surface area contributed by atoms with Crippen molar-refractivity contribution in [1.29, 1.82) is 0 Å². The zero-order chi connectivity index (χ0) is 15.8. The number of pyridine rings is 1. The fourth-order valence-corrected chi connectivity index (χ4v) is 1.83. The lowest BCUT2D eigenvalue weighted by molar-refractivity contribution is 0.141. The highest BCUT2D eigenvalue weighted by molar-refractivity contribution is 5.68. The van der Waals surface area contributed by atoms with Gasteiger partial charge in [-0.3, -0.25) is 4.98 Å². The molecule has 0 atom stereocenters. The van der Waals surface area contributed by atoms with Gasteiger partial charge in [0.1, 0.15) is 6.61 Å². The van der Waals surface area contributed by atoms with Gasteiger partial charge in [0, 0.05) is 12.7 Å². The van der Waals surface area contributed by atoms with Gasteiger partial charge in [-0.1, -0.05) is 36.4 Å². The van der Waals surface area contributed by atoms with Gasteiger partial charge in [0.25, 0.3) is 0 Å². The van der Waals surface area contributed by atoms with Gasteiger partial charge < -0.3 is 15.8 Å². The molecule has 2 aromatic rings. The molecule has 0 unspecified atom stereocenters. The first-order chi connectivity index (χ1) is 10.6. The number of aryl methyl sites for hydroxylation is 1. The van der Waals surface area contributed by atoms with Crippen LogP contribution in [0.5, 0.6) is 0 Å². The maximum absolute atomic E-state index is 11.5. The molecule has 0 bridgehead atoms. The molecule has 0 spiro atoms. The van der Waals surface area contributed by atoms with Crippen LogP contribution in [0.2, 0.25) is 0 Å². The van der Waals surface area contributed by atoms with E-state index in [0.717, 1.165) is 11.1 Å². The lowest BCUT2D eigenvalue weighted by Gasteiger charge is -2.05. The molecular weight excluding hydrogens is 278 g/mol. The third kappa shape index (κ3) is 4.94. The predicted molar refractivity (Wildman–Crippen MR) is 87.1 cm³/mol. The SMILES string of the molecule is Cc1cnc(C=CCNC(=O)OCc2ccccc2)c(N)c1. The Kier molecular flexibility index (Phi) is 5.54. The molecule has 0 fully saturated rings. The molecule has 2 rings (SSSR count). The number of nitrogens with two attached hydrogens (primary N) is 1. The van der Waals surface area contributed by atoms with Crippen LogP contribution in [-0.4, -0.2) is 17.6 Å². The molecule has 5 nitrogen and oxygen atoms in total. The van der Waals surface area contributed by atoms with E-state index in [4.69, 9.17) is 10.5 Å². The average Bonchev–Trinajstić information content (AvgIpc) is 2.52. The molecule has 0 saturated carbocycles. The first kappa shape index (κ1) is 15.6. The number of carbonyl (C=O) groups excluding carboxylic acids is 1. The minimum Gasteiger partial charge on any atom is -0.445 e. The lowest BCUT2D eigenvalue weighted by atomic mass is 10.2. The second-order valence-corrected chi connectivity index (χ2v) is 4.83. The number of nitrogens with one attached hydrogen (secondary N) is 1. The van der Waals surface area contributed by atoms with Gasteiger partial charge in [0.05, 0.1) is 11.4 Å². The molecule has 0 aliphatic heterocycles. The number of nitrogen functional groups attached to an aromatic ring is 1. The number of ether oxygens (including phenoxy) is 1. The summed E-state index contributed by atoms with van der Waals surface area (Å²) in [5.41, 5.74) is 9.11. The van der Waals surface area contributed by atoms with E-state index in [1.165, 1.54) is 0 Å². The standard InChI is InChI=1S/C17H19N3O2/c1-13-10-15(18)16(20-11-13)8-5-9-19-17(21)22-12-14-6-3-2-4-7-14/h2-8,10-11H,9,12,18H2,1H3,(H,19,21). The van der Waals surface area contributed by atoms with Crippen molar-refractivity contribution in [2.24, 2.45) is 0 Å². The summed E-state index contributed by atoms with van der Waals surface area (Å²) in [4.78, 5) is 15.7. The number of benzene rings is 1. The number of rotatable bonds is 5. The van der Waals surface area contributed by atoms with Crippen LogP contribution in [0.4, 0.5) is 10.5 Å². The molecule has 5 heteroatoms. The first-order valence-electron chi connectivity index (χ1n) is 6.98. The van der Waals surface area contributed by atoms with Gasteiger partial charge >= 0.3 is 6.09 Å². The molecule has 0 aliphatic carbocycles. The Morgan fingerprint density at radius 3 is 2.86 bits per heavy atom.